The second-order valence-corrected chi connectivity index (χ2v) is 10.6. The van der Waals surface area contributed by atoms with Crippen LogP contribution in [0.25, 0.3) is 21.8 Å². The molecule has 34 heavy (non-hydrogen) atoms. The van der Waals surface area contributed by atoms with E-state index in [1.54, 1.807) is 16.4 Å². The number of ether oxygens (including phenoxy) is 1. The molecule has 0 radical (unpaired) electrons. The highest BCUT2D eigenvalue weighted by molar-refractivity contribution is 7.89. The van der Waals surface area contributed by atoms with Crippen molar-refractivity contribution in [3.8, 4) is 0 Å². The molecule has 3 N–H and O–H groups in total. The fourth-order valence-corrected chi connectivity index (χ4v) is 5.67. The van der Waals surface area contributed by atoms with Crippen molar-refractivity contribution in [1.82, 2.24) is 19.6 Å². The standard InChI is InChI=1S/C23H30N4O5S.ClH/c1-4-11-32-23(29)18-13-25-21-20(18)17-12-16(7-8-19(17)26-22(21)28)33(30,31)27(15-5-6-15)10-9-24-14(2)3;/h7-8,12-15,24-25H,4-6,9-11H2,1-3H3,(H,26,28);1H. The first-order valence-electron chi connectivity index (χ1n) is 11.3. The molecule has 4 rings (SSSR count). The molecule has 1 saturated carbocycles. The van der Waals surface area contributed by atoms with E-state index in [4.69, 9.17) is 4.74 Å². The van der Waals surface area contributed by atoms with Gasteiger partial charge in [0.25, 0.3) is 5.56 Å². The van der Waals surface area contributed by atoms with Crippen LogP contribution in [0.1, 0.15) is 50.4 Å². The minimum atomic E-state index is -3.76. The lowest BCUT2D eigenvalue weighted by atomic mass is 10.1. The predicted molar refractivity (Wildman–Crippen MR) is 134 cm³/mol. The van der Waals surface area contributed by atoms with Crippen LogP contribution in [0.4, 0.5) is 0 Å². The number of nitrogens with zero attached hydrogens (tertiary/aromatic N) is 1. The zero-order valence-corrected chi connectivity index (χ0v) is 21.1. The van der Waals surface area contributed by atoms with E-state index in [0.29, 0.717) is 35.8 Å². The highest BCUT2D eigenvalue weighted by Crippen LogP contribution is 2.33. The van der Waals surface area contributed by atoms with E-state index < -0.39 is 16.0 Å². The number of hydrogen-bond acceptors (Lipinski definition) is 6. The Bertz CT molecular complexity index is 1340. The second-order valence-electron chi connectivity index (χ2n) is 8.71. The van der Waals surface area contributed by atoms with E-state index in [0.717, 1.165) is 12.8 Å². The fourth-order valence-electron chi connectivity index (χ4n) is 3.96. The summed E-state index contributed by atoms with van der Waals surface area (Å²) in [5.74, 6) is -0.553. The molecular formula is C23H31ClN4O5S. The summed E-state index contributed by atoms with van der Waals surface area (Å²) in [6, 6.07) is 4.89. The first-order valence-corrected chi connectivity index (χ1v) is 12.8. The lowest BCUT2D eigenvalue weighted by Crippen LogP contribution is -2.39. The normalized spacial score (nSPS) is 14.1. The number of benzene rings is 1. The minimum Gasteiger partial charge on any atom is -0.462 e. The average molecular weight is 511 g/mol. The van der Waals surface area contributed by atoms with Crippen LogP contribution in [0.5, 0.6) is 0 Å². The van der Waals surface area contributed by atoms with Crippen molar-refractivity contribution in [1.29, 1.82) is 0 Å². The van der Waals surface area contributed by atoms with Gasteiger partial charge in [-0.3, -0.25) is 4.79 Å². The summed E-state index contributed by atoms with van der Waals surface area (Å²) in [7, 11) is -3.76. The number of H-pyrrole nitrogens is 2. The summed E-state index contributed by atoms with van der Waals surface area (Å²) in [4.78, 5) is 30.9. The van der Waals surface area contributed by atoms with Crippen LogP contribution in [-0.2, 0) is 14.8 Å². The van der Waals surface area contributed by atoms with E-state index in [2.05, 4.69) is 15.3 Å². The minimum absolute atomic E-state index is 0. The Labute approximate surface area is 204 Å². The number of pyridine rings is 1. The molecule has 1 aliphatic carbocycles. The van der Waals surface area contributed by atoms with Crippen molar-refractivity contribution >= 4 is 50.2 Å². The summed E-state index contributed by atoms with van der Waals surface area (Å²) < 4.78 is 33.9. The Morgan fingerprint density at radius 2 is 2.03 bits per heavy atom. The van der Waals surface area contributed by atoms with Crippen molar-refractivity contribution in [2.75, 3.05) is 19.7 Å². The molecule has 0 aliphatic heterocycles. The molecule has 0 bridgehead atoms. The second kappa shape index (κ2) is 10.5. The SMILES string of the molecule is CCCOC(=O)c1c[nH]c2c(=O)[nH]c3ccc(S(=O)(=O)N(CCNC(C)C)C4CC4)cc3c12.Cl. The van der Waals surface area contributed by atoms with Crippen molar-refractivity contribution in [3.05, 3.63) is 40.3 Å². The van der Waals surface area contributed by atoms with Crippen molar-refractivity contribution in [3.63, 3.8) is 0 Å². The molecule has 2 aromatic heterocycles. The summed E-state index contributed by atoms with van der Waals surface area (Å²) in [6.07, 6.45) is 3.79. The smallest absolute Gasteiger partial charge is 0.340 e. The van der Waals surface area contributed by atoms with Gasteiger partial charge in [0, 0.05) is 47.7 Å². The van der Waals surface area contributed by atoms with Gasteiger partial charge in [-0.1, -0.05) is 20.8 Å². The van der Waals surface area contributed by atoms with E-state index in [1.807, 2.05) is 20.8 Å². The fraction of sp³-hybridized carbons (Fsp3) is 0.478. The van der Waals surface area contributed by atoms with Crippen LogP contribution < -0.4 is 10.9 Å². The van der Waals surface area contributed by atoms with Gasteiger partial charge in [-0.25, -0.2) is 13.2 Å². The Morgan fingerprint density at radius 1 is 1.29 bits per heavy atom. The van der Waals surface area contributed by atoms with Gasteiger partial charge >= 0.3 is 5.97 Å². The number of fused-ring (bicyclic) bond motifs is 3. The van der Waals surface area contributed by atoms with Crippen molar-refractivity contribution in [2.45, 2.75) is 57.0 Å². The molecule has 186 valence electrons. The molecule has 2 heterocycles. The van der Waals surface area contributed by atoms with Crippen molar-refractivity contribution in [2.24, 2.45) is 0 Å². The lowest BCUT2D eigenvalue weighted by Gasteiger charge is -2.23. The lowest BCUT2D eigenvalue weighted by molar-refractivity contribution is 0.0507. The molecule has 0 amide bonds. The number of carbonyl (C=O) groups is 1. The monoisotopic (exact) mass is 510 g/mol. The maximum absolute atomic E-state index is 13.6. The third-order valence-corrected chi connectivity index (χ3v) is 7.67. The zero-order chi connectivity index (χ0) is 23.8. The Kier molecular flexibility index (Phi) is 8.07. The molecule has 0 unspecified atom stereocenters. The molecule has 0 spiro atoms. The van der Waals surface area contributed by atoms with Crippen LogP contribution in [0.3, 0.4) is 0 Å². The molecule has 1 aromatic carbocycles. The van der Waals surface area contributed by atoms with Crippen LogP contribution >= 0.6 is 12.4 Å². The van der Waals surface area contributed by atoms with Crippen LogP contribution in [0, 0.1) is 0 Å². The number of sulfonamides is 1. The molecular weight excluding hydrogens is 480 g/mol. The van der Waals surface area contributed by atoms with Gasteiger partial charge < -0.3 is 20.0 Å². The van der Waals surface area contributed by atoms with Crippen LogP contribution in [0.15, 0.2) is 34.1 Å². The van der Waals surface area contributed by atoms with Gasteiger partial charge in [-0.05, 0) is 37.5 Å². The van der Waals surface area contributed by atoms with Gasteiger partial charge in [0.05, 0.1) is 17.1 Å². The summed E-state index contributed by atoms with van der Waals surface area (Å²) in [5, 5.41) is 4.12. The van der Waals surface area contributed by atoms with E-state index in [1.165, 1.54) is 12.3 Å². The third-order valence-electron chi connectivity index (χ3n) is 5.72. The Balaban J connectivity index is 0.00000324. The van der Waals surface area contributed by atoms with Gasteiger partial charge in [0.2, 0.25) is 10.0 Å². The number of nitrogens with one attached hydrogen (secondary N) is 3. The van der Waals surface area contributed by atoms with Gasteiger partial charge in [0.15, 0.2) is 0 Å². The van der Waals surface area contributed by atoms with Crippen molar-refractivity contribution < 1.29 is 17.9 Å². The van der Waals surface area contributed by atoms with Gasteiger partial charge in [-0.2, -0.15) is 4.31 Å². The largest absolute Gasteiger partial charge is 0.462 e. The molecule has 11 heteroatoms. The van der Waals surface area contributed by atoms with E-state index in [-0.39, 0.29) is 52.6 Å². The first-order chi connectivity index (χ1) is 15.7. The summed E-state index contributed by atoms with van der Waals surface area (Å²) in [5.41, 5.74) is 0.488. The Morgan fingerprint density at radius 3 is 2.68 bits per heavy atom. The molecule has 1 fully saturated rings. The topological polar surface area (TPSA) is 124 Å². The van der Waals surface area contributed by atoms with E-state index in [9.17, 15) is 18.0 Å². The average Bonchev–Trinajstić information content (AvgIpc) is 3.50. The zero-order valence-electron chi connectivity index (χ0n) is 19.5. The van der Waals surface area contributed by atoms with Gasteiger partial charge in [0.1, 0.15) is 5.52 Å². The summed E-state index contributed by atoms with van der Waals surface area (Å²) >= 11 is 0. The number of aromatic nitrogens is 2. The number of esters is 1. The first kappa shape index (κ1) is 26.2. The molecule has 0 saturated heterocycles. The molecule has 9 nitrogen and oxygen atoms in total. The maximum Gasteiger partial charge on any atom is 0.340 e. The molecule has 3 aromatic rings. The summed E-state index contributed by atoms with van der Waals surface area (Å²) in [6.45, 7) is 7.12. The predicted octanol–water partition coefficient (Wildman–Crippen LogP) is 3.15. The highest BCUT2D eigenvalue weighted by atomic mass is 35.5. The van der Waals surface area contributed by atoms with Gasteiger partial charge in [-0.15, -0.1) is 12.4 Å². The molecule has 1 aliphatic rings. The number of hydrogen-bond donors (Lipinski definition) is 3. The number of aromatic amines is 2. The number of halogens is 1. The highest BCUT2D eigenvalue weighted by Gasteiger charge is 2.38. The quantitative estimate of drug-likeness (QED) is 0.360. The van der Waals surface area contributed by atoms with Crippen LogP contribution in [-0.4, -0.2) is 60.4 Å². The van der Waals surface area contributed by atoms with Crippen LogP contribution in [0.2, 0.25) is 0 Å². The van der Waals surface area contributed by atoms with E-state index >= 15 is 0 Å². The molecule has 0 atom stereocenters. The third kappa shape index (κ3) is 5.14. The number of carbonyl (C=O) groups excluding carboxylic acids is 1. The Hall–Kier alpha value is -2.40. The number of rotatable bonds is 10. The maximum atomic E-state index is 13.6.